The van der Waals surface area contributed by atoms with Crippen LogP contribution < -0.4 is 15.8 Å². The quantitative estimate of drug-likeness (QED) is 0.863. The van der Waals surface area contributed by atoms with E-state index in [0.29, 0.717) is 6.04 Å². The summed E-state index contributed by atoms with van der Waals surface area (Å²) in [6, 6.07) is 8.75. The molecule has 148 valence electrons. The fraction of sp³-hybridized carbons (Fsp3) is 0.619. The van der Waals surface area contributed by atoms with E-state index in [0.717, 1.165) is 42.5 Å². The molecule has 1 aliphatic heterocycles. The smallest absolute Gasteiger partial charge is 0.275 e. The highest BCUT2D eigenvalue weighted by Gasteiger charge is 2.24. The average molecular weight is 391 g/mol. The highest BCUT2D eigenvalue weighted by Crippen LogP contribution is 2.30. The van der Waals surface area contributed by atoms with Crippen LogP contribution in [-0.2, 0) is 0 Å². The van der Waals surface area contributed by atoms with E-state index >= 15 is 0 Å². The number of halogens is 1. The second-order valence-electron chi connectivity index (χ2n) is 7.84. The van der Waals surface area contributed by atoms with Crippen molar-refractivity contribution in [3.8, 4) is 0 Å². The van der Waals surface area contributed by atoms with Crippen LogP contribution in [0.1, 0.15) is 57.4 Å². The molecule has 0 amide bonds. The van der Waals surface area contributed by atoms with Crippen LogP contribution in [0.2, 0.25) is 0 Å². The molecule has 2 aliphatic rings. The van der Waals surface area contributed by atoms with Gasteiger partial charge in [-0.05, 0) is 38.8 Å². The molecule has 2 heterocycles. The Morgan fingerprint density at radius 3 is 2.44 bits per heavy atom. The Balaban J connectivity index is 0.00000210. The predicted octanol–water partition coefficient (Wildman–Crippen LogP) is 3.90. The van der Waals surface area contributed by atoms with E-state index < -0.39 is 0 Å². The number of nitrogens with one attached hydrogen (secondary N) is 1. The third-order valence-electron chi connectivity index (χ3n) is 6.11. The molecule has 5 nitrogen and oxygen atoms in total. The van der Waals surface area contributed by atoms with E-state index in [1.54, 1.807) is 0 Å². The molecule has 0 spiro atoms. The van der Waals surface area contributed by atoms with Gasteiger partial charge in [0.2, 0.25) is 0 Å². The van der Waals surface area contributed by atoms with E-state index in [1.807, 2.05) is 29.9 Å². The number of nitrogens with zero attached hydrogens (tertiary/aromatic N) is 3. The lowest BCUT2D eigenvalue weighted by molar-refractivity contribution is 0.320. The van der Waals surface area contributed by atoms with E-state index in [-0.39, 0.29) is 24.0 Å². The third kappa shape index (κ3) is 4.14. The largest absolute Gasteiger partial charge is 0.353 e. The number of likely N-dealkylation sites (N-methyl/N-ethyl adjacent to an activating group) is 1. The van der Waals surface area contributed by atoms with Crippen molar-refractivity contribution in [2.75, 3.05) is 25.0 Å². The van der Waals surface area contributed by atoms with Gasteiger partial charge in [0, 0.05) is 24.5 Å². The van der Waals surface area contributed by atoms with Crippen molar-refractivity contribution < 1.29 is 0 Å². The van der Waals surface area contributed by atoms with Gasteiger partial charge in [-0.25, -0.2) is 4.68 Å². The fourth-order valence-electron chi connectivity index (χ4n) is 4.57. The third-order valence-corrected chi connectivity index (χ3v) is 6.11. The maximum absolute atomic E-state index is 13.1. The highest BCUT2D eigenvalue weighted by molar-refractivity contribution is 5.91. The van der Waals surface area contributed by atoms with E-state index in [4.69, 9.17) is 5.10 Å². The molecule has 27 heavy (non-hydrogen) atoms. The Morgan fingerprint density at radius 1 is 1.00 bits per heavy atom. The molecule has 1 aromatic carbocycles. The lowest BCUT2D eigenvalue weighted by Crippen LogP contribution is -2.40. The summed E-state index contributed by atoms with van der Waals surface area (Å²) in [7, 11) is 2.04. The van der Waals surface area contributed by atoms with Crippen molar-refractivity contribution in [2.45, 2.75) is 63.5 Å². The number of hydrogen-bond acceptors (Lipinski definition) is 4. The molecule has 0 radical (unpaired) electrons. The maximum atomic E-state index is 13.1. The molecule has 6 heteroatoms. The minimum Gasteiger partial charge on any atom is -0.353 e. The van der Waals surface area contributed by atoms with Gasteiger partial charge in [-0.3, -0.25) is 4.79 Å². The highest BCUT2D eigenvalue weighted by atomic mass is 35.5. The molecule has 1 saturated carbocycles. The van der Waals surface area contributed by atoms with Gasteiger partial charge in [0.05, 0.1) is 11.4 Å². The molecule has 1 unspecified atom stereocenters. The number of anilines is 1. The summed E-state index contributed by atoms with van der Waals surface area (Å²) in [4.78, 5) is 15.5. The number of benzene rings is 1. The minimum atomic E-state index is 0. The first-order chi connectivity index (χ1) is 12.8. The number of aromatic nitrogens is 2. The molecular weight excluding hydrogens is 360 g/mol. The fourth-order valence-corrected chi connectivity index (χ4v) is 4.57. The molecule has 1 aromatic heterocycles. The minimum absolute atomic E-state index is 0. The van der Waals surface area contributed by atoms with E-state index in [9.17, 15) is 4.79 Å². The standard InChI is InChI=1S/C21H30N4O.ClH/c1-22-16-9-7-8-14-24(15-16)20-18-12-5-6-13-19(18)21(26)25(23-20)17-10-3-2-4-11-17;/h5-6,12-13,16-17,22H,2-4,7-11,14-15H2,1H3;1H. The van der Waals surface area contributed by atoms with Gasteiger partial charge >= 0.3 is 0 Å². The Hall–Kier alpha value is -1.59. The molecule has 1 atom stereocenters. The Kier molecular flexibility index (Phi) is 6.77. The zero-order valence-corrected chi connectivity index (χ0v) is 17.0. The van der Waals surface area contributed by atoms with Gasteiger partial charge in [0.1, 0.15) is 0 Å². The number of hydrogen-bond donors (Lipinski definition) is 1. The summed E-state index contributed by atoms with van der Waals surface area (Å²) in [6.07, 6.45) is 9.44. The Morgan fingerprint density at radius 2 is 1.70 bits per heavy atom. The monoisotopic (exact) mass is 390 g/mol. The van der Waals surface area contributed by atoms with Gasteiger partial charge in [-0.1, -0.05) is 43.9 Å². The zero-order valence-electron chi connectivity index (χ0n) is 16.2. The Bertz CT molecular complexity index is 815. The van der Waals surface area contributed by atoms with Crippen LogP contribution in [0.15, 0.2) is 29.1 Å². The lowest BCUT2D eigenvalue weighted by atomic mass is 9.95. The molecule has 2 aromatic rings. The lowest BCUT2D eigenvalue weighted by Gasteiger charge is -2.29. The SMILES string of the molecule is CNC1CCCCN(c2nn(C3CCCCC3)c(=O)c3ccccc23)C1.Cl. The van der Waals surface area contributed by atoms with Crippen LogP contribution in [0.4, 0.5) is 5.82 Å². The van der Waals surface area contributed by atoms with Crippen molar-refractivity contribution >= 4 is 29.0 Å². The molecule has 2 fully saturated rings. The molecular formula is C21H31ClN4O. The average Bonchev–Trinajstić information content (AvgIpc) is 2.95. The summed E-state index contributed by atoms with van der Waals surface area (Å²) >= 11 is 0. The second-order valence-corrected chi connectivity index (χ2v) is 7.84. The van der Waals surface area contributed by atoms with Gasteiger partial charge in [-0.2, -0.15) is 5.10 Å². The predicted molar refractivity (Wildman–Crippen MR) is 114 cm³/mol. The van der Waals surface area contributed by atoms with E-state index in [1.165, 1.54) is 38.5 Å². The normalized spacial score (nSPS) is 21.7. The first kappa shape index (κ1) is 20.2. The Labute approximate surface area is 167 Å². The molecule has 1 aliphatic carbocycles. The van der Waals surface area contributed by atoms with Crippen LogP contribution in [0.3, 0.4) is 0 Å². The first-order valence-electron chi connectivity index (χ1n) is 10.2. The topological polar surface area (TPSA) is 50.2 Å². The van der Waals surface area contributed by atoms with Crippen molar-refractivity contribution in [3.63, 3.8) is 0 Å². The van der Waals surface area contributed by atoms with Crippen LogP contribution >= 0.6 is 12.4 Å². The van der Waals surface area contributed by atoms with E-state index in [2.05, 4.69) is 16.3 Å². The molecule has 1 saturated heterocycles. The van der Waals surface area contributed by atoms with Gasteiger partial charge in [0.15, 0.2) is 5.82 Å². The summed E-state index contributed by atoms with van der Waals surface area (Å²) in [6.45, 7) is 1.97. The molecule has 4 rings (SSSR count). The summed E-state index contributed by atoms with van der Waals surface area (Å²) in [5.41, 5.74) is 0.0799. The van der Waals surface area contributed by atoms with Gasteiger partial charge < -0.3 is 10.2 Å². The van der Waals surface area contributed by atoms with Crippen LogP contribution in [-0.4, -0.2) is 36.0 Å². The van der Waals surface area contributed by atoms with Crippen molar-refractivity contribution in [2.24, 2.45) is 0 Å². The summed E-state index contributed by atoms with van der Waals surface area (Å²) in [5.74, 6) is 0.993. The number of fused-ring (bicyclic) bond motifs is 1. The zero-order chi connectivity index (χ0) is 17.9. The van der Waals surface area contributed by atoms with Crippen molar-refractivity contribution in [1.29, 1.82) is 0 Å². The van der Waals surface area contributed by atoms with Crippen LogP contribution in [0, 0.1) is 0 Å². The first-order valence-corrected chi connectivity index (χ1v) is 10.2. The van der Waals surface area contributed by atoms with Crippen LogP contribution in [0.5, 0.6) is 0 Å². The molecule has 1 N–H and O–H groups in total. The summed E-state index contributed by atoms with van der Waals surface area (Å²) in [5, 5.41) is 10.2. The van der Waals surface area contributed by atoms with Crippen LogP contribution in [0.25, 0.3) is 10.8 Å². The van der Waals surface area contributed by atoms with Gasteiger partial charge in [-0.15, -0.1) is 12.4 Å². The van der Waals surface area contributed by atoms with Crippen molar-refractivity contribution in [3.05, 3.63) is 34.6 Å². The number of rotatable bonds is 3. The second kappa shape index (κ2) is 9.07. The maximum Gasteiger partial charge on any atom is 0.275 e. The summed E-state index contributed by atoms with van der Waals surface area (Å²) < 4.78 is 1.82. The van der Waals surface area contributed by atoms with Gasteiger partial charge in [0.25, 0.3) is 5.56 Å². The molecule has 0 bridgehead atoms. The van der Waals surface area contributed by atoms with Crippen molar-refractivity contribution in [1.82, 2.24) is 15.1 Å².